The normalized spacial score (nSPS) is 12.1. The van der Waals surface area contributed by atoms with Gasteiger partial charge in [0.1, 0.15) is 12.7 Å². The van der Waals surface area contributed by atoms with Crippen LogP contribution in [-0.4, -0.2) is 59.0 Å². The fourth-order valence-corrected chi connectivity index (χ4v) is 1.87. The van der Waals surface area contributed by atoms with Crippen LogP contribution in [0.5, 0.6) is 0 Å². The van der Waals surface area contributed by atoms with Gasteiger partial charge in [0, 0.05) is 35.9 Å². The first-order valence-corrected chi connectivity index (χ1v) is 8.30. The predicted octanol–water partition coefficient (Wildman–Crippen LogP) is 0.0646. The average molecular weight is 310 g/mol. The molecule has 0 radical (unpaired) electrons. The lowest BCUT2D eigenvalue weighted by Gasteiger charge is -2.09. The predicted molar refractivity (Wildman–Crippen MR) is 80.9 cm³/mol. The van der Waals surface area contributed by atoms with Crippen LogP contribution in [0.3, 0.4) is 0 Å². The summed E-state index contributed by atoms with van der Waals surface area (Å²) in [7, 11) is -0.861. The number of anilines is 2. The van der Waals surface area contributed by atoms with Crippen molar-refractivity contribution in [3.8, 4) is 5.95 Å². The molecule has 0 aliphatic heterocycles. The summed E-state index contributed by atoms with van der Waals surface area (Å²) in [5.41, 5.74) is 0. The number of hydrogen-bond acceptors (Lipinski definition) is 8. The molecule has 0 aromatic carbocycles. The van der Waals surface area contributed by atoms with Crippen LogP contribution in [0.15, 0.2) is 12.7 Å². The van der Waals surface area contributed by atoms with E-state index in [1.165, 1.54) is 17.3 Å². The van der Waals surface area contributed by atoms with Gasteiger partial charge in [-0.2, -0.15) is 24.7 Å². The maximum absolute atomic E-state index is 11.1. The topological polar surface area (TPSA) is 111 Å². The molecule has 21 heavy (non-hydrogen) atoms. The second-order valence-corrected chi connectivity index (χ2v) is 5.81. The van der Waals surface area contributed by atoms with Crippen LogP contribution in [0.1, 0.15) is 13.3 Å². The zero-order valence-corrected chi connectivity index (χ0v) is 12.8. The lowest BCUT2D eigenvalue weighted by Crippen LogP contribution is -2.16. The quantitative estimate of drug-likeness (QED) is 0.704. The lowest BCUT2D eigenvalue weighted by molar-refractivity contribution is 0.687. The van der Waals surface area contributed by atoms with Gasteiger partial charge in [-0.05, 0) is 6.42 Å². The van der Waals surface area contributed by atoms with E-state index in [0.717, 1.165) is 13.0 Å². The summed E-state index contributed by atoms with van der Waals surface area (Å²) in [5, 5.41) is 10.2. The maximum Gasteiger partial charge on any atom is 0.258 e. The Kier molecular flexibility index (Phi) is 5.55. The highest BCUT2D eigenvalue weighted by Gasteiger charge is 2.08. The molecule has 2 aromatic heterocycles. The molecule has 1 atom stereocenters. The Morgan fingerprint density at radius 2 is 1.90 bits per heavy atom. The van der Waals surface area contributed by atoms with E-state index < -0.39 is 10.8 Å². The minimum atomic E-state index is -0.861. The Hall–Kier alpha value is -2.10. The molecule has 0 amide bonds. The van der Waals surface area contributed by atoms with Crippen molar-refractivity contribution in [1.82, 2.24) is 29.7 Å². The highest BCUT2D eigenvalue weighted by Crippen LogP contribution is 2.08. The van der Waals surface area contributed by atoms with E-state index in [9.17, 15) is 4.21 Å². The van der Waals surface area contributed by atoms with E-state index in [1.54, 1.807) is 6.26 Å². The summed E-state index contributed by atoms with van der Waals surface area (Å²) in [6, 6.07) is 0. The van der Waals surface area contributed by atoms with Crippen molar-refractivity contribution in [1.29, 1.82) is 0 Å². The molecule has 0 saturated heterocycles. The SMILES string of the molecule is CCCNc1nc(NCCS(C)=O)nc(-n2cncn2)n1. The van der Waals surface area contributed by atoms with E-state index in [1.807, 2.05) is 0 Å². The van der Waals surface area contributed by atoms with Crippen LogP contribution >= 0.6 is 0 Å². The molecule has 1 unspecified atom stereocenters. The molecule has 9 nitrogen and oxygen atoms in total. The summed E-state index contributed by atoms with van der Waals surface area (Å²) in [6.45, 7) is 3.35. The van der Waals surface area contributed by atoms with Gasteiger partial charge in [0.05, 0.1) is 0 Å². The van der Waals surface area contributed by atoms with Crippen molar-refractivity contribution in [3.05, 3.63) is 12.7 Å². The molecule has 0 fully saturated rings. The first-order chi connectivity index (χ1) is 10.2. The minimum Gasteiger partial charge on any atom is -0.354 e. The van der Waals surface area contributed by atoms with Crippen molar-refractivity contribution < 1.29 is 4.21 Å². The fourth-order valence-electron chi connectivity index (χ4n) is 1.48. The molecule has 0 aliphatic rings. The largest absolute Gasteiger partial charge is 0.354 e. The van der Waals surface area contributed by atoms with Crippen LogP contribution < -0.4 is 10.6 Å². The van der Waals surface area contributed by atoms with Crippen LogP contribution in [0.2, 0.25) is 0 Å². The third kappa shape index (κ3) is 4.74. The molecule has 0 spiro atoms. The van der Waals surface area contributed by atoms with Crippen molar-refractivity contribution in [3.63, 3.8) is 0 Å². The van der Waals surface area contributed by atoms with Gasteiger partial charge in [-0.25, -0.2) is 4.98 Å². The summed E-state index contributed by atoms with van der Waals surface area (Å²) in [5.74, 6) is 1.79. The summed E-state index contributed by atoms with van der Waals surface area (Å²) in [4.78, 5) is 16.7. The second-order valence-electron chi connectivity index (χ2n) is 4.25. The standard InChI is InChI=1S/C11H18N8OS/c1-3-4-13-9-16-10(14-5-6-21(2)20)18-11(17-9)19-8-12-7-15-19/h7-8H,3-6H2,1-2H3,(H2,13,14,16,17,18). The number of nitrogens with zero attached hydrogens (tertiary/aromatic N) is 6. The Labute approximate surface area is 125 Å². The minimum absolute atomic E-state index is 0.376. The smallest absolute Gasteiger partial charge is 0.258 e. The molecule has 2 heterocycles. The molecular weight excluding hydrogens is 292 g/mol. The number of rotatable bonds is 8. The number of aromatic nitrogens is 6. The zero-order chi connectivity index (χ0) is 15.1. The third-order valence-corrected chi connectivity index (χ3v) is 3.23. The van der Waals surface area contributed by atoms with E-state index in [2.05, 4.69) is 42.6 Å². The summed E-state index contributed by atoms with van der Waals surface area (Å²) >= 11 is 0. The zero-order valence-electron chi connectivity index (χ0n) is 12.0. The summed E-state index contributed by atoms with van der Waals surface area (Å²) < 4.78 is 12.5. The van der Waals surface area contributed by atoms with Crippen molar-refractivity contribution in [2.75, 3.05) is 35.7 Å². The van der Waals surface area contributed by atoms with Crippen molar-refractivity contribution in [2.45, 2.75) is 13.3 Å². The fraction of sp³-hybridized carbons (Fsp3) is 0.545. The molecule has 0 saturated carbocycles. The van der Waals surface area contributed by atoms with Gasteiger partial charge in [-0.3, -0.25) is 4.21 Å². The first kappa shape index (κ1) is 15.3. The third-order valence-electron chi connectivity index (χ3n) is 2.45. The van der Waals surface area contributed by atoms with Crippen LogP contribution in [0.25, 0.3) is 5.95 Å². The molecular formula is C11H18N8OS. The molecule has 10 heteroatoms. The lowest BCUT2D eigenvalue weighted by atomic mass is 10.5. The molecule has 2 rings (SSSR count). The molecule has 2 N–H and O–H groups in total. The maximum atomic E-state index is 11.1. The summed E-state index contributed by atoms with van der Waals surface area (Å²) in [6.07, 6.45) is 5.55. The van der Waals surface area contributed by atoms with E-state index in [4.69, 9.17) is 0 Å². The van der Waals surface area contributed by atoms with Gasteiger partial charge in [-0.15, -0.1) is 0 Å². The van der Waals surface area contributed by atoms with Crippen molar-refractivity contribution in [2.24, 2.45) is 0 Å². The van der Waals surface area contributed by atoms with Gasteiger partial charge in [-0.1, -0.05) is 6.92 Å². The Morgan fingerprint density at radius 3 is 2.48 bits per heavy atom. The van der Waals surface area contributed by atoms with Crippen LogP contribution in [0, 0.1) is 0 Å². The molecule has 114 valence electrons. The van der Waals surface area contributed by atoms with Crippen LogP contribution in [-0.2, 0) is 10.8 Å². The molecule has 0 bridgehead atoms. The van der Waals surface area contributed by atoms with Gasteiger partial charge in [0.15, 0.2) is 0 Å². The molecule has 2 aromatic rings. The Morgan fingerprint density at radius 1 is 1.19 bits per heavy atom. The Balaban J connectivity index is 2.18. The number of hydrogen-bond donors (Lipinski definition) is 2. The highest BCUT2D eigenvalue weighted by molar-refractivity contribution is 7.84. The Bertz CT molecular complexity index is 588. The monoisotopic (exact) mass is 310 g/mol. The highest BCUT2D eigenvalue weighted by atomic mass is 32.2. The van der Waals surface area contributed by atoms with Gasteiger partial charge < -0.3 is 10.6 Å². The van der Waals surface area contributed by atoms with Gasteiger partial charge >= 0.3 is 0 Å². The first-order valence-electron chi connectivity index (χ1n) is 6.58. The second kappa shape index (κ2) is 7.62. The van der Waals surface area contributed by atoms with Gasteiger partial charge in [0.2, 0.25) is 11.9 Å². The number of nitrogens with one attached hydrogen (secondary N) is 2. The van der Waals surface area contributed by atoms with E-state index >= 15 is 0 Å². The van der Waals surface area contributed by atoms with Crippen molar-refractivity contribution >= 4 is 22.7 Å². The van der Waals surface area contributed by atoms with E-state index in [-0.39, 0.29) is 0 Å². The van der Waals surface area contributed by atoms with Gasteiger partial charge in [0.25, 0.3) is 5.95 Å². The average Bonchev–Trinajstić information content (AvgIpc) is 2.99. The molecule has 0 aliphatic carbocycles. The van der Waals surface area contributed by atoms with Crippen LogP contribution in [0.4, 0.5) is 11.9 Å². The van der Waals surface area contributed by atoms with E-state index in [0.29, 0.717) is 30.1 Å².